The molecule has 0 rings (SSSR count). The third kappa shape index (κ3) is 5.15. The first-order valence-electron chi connectivity index (χ1n) is 5.69. The molecule has 1 atom stereocenters. The van der Waals surface area contributed by atoms with E-state index in [4.69, 9.17) is 5.26 Å². The number of rotatable bonds is 6. The summed E-state index contributed by atoms with van der Waals surface area (Å²) in [5, 5.41) is 12.2. The van der Waals surface area contributed by atoms with E-state index >= 15 is 0 Å². The highest BCUT2D eigenvalue weighted by Gasteiger charge is 2.26. The molecule has 3 heteroatoms. The molecule has 0 heterocycles. The molecule has 15 heavy (non-hydrogen) atoms. The molecule has 0 amide bonds. The second kappa shape index (κ2) is 6.09. The molecule has 0 aliphatic carbocycles. The van der Waals surface area contributed by atoms with Crippen molar-refractivity contribution in [2.24, 2.45) is 5.92 Å². The summed E-state index contributed by atoms with van der Waals surface area (Å²) in [5.41, 5.74) is -0.445. The van der Waals surface area contributed by atoms with Gasteiger partial charge in [0.15, 0.2) is 0 Å². The molecule has 0 radical (unpaired) electrons. The molecule has 0 aromatic rings. The molecule has 0 spiro atoms. The molecule has 88 valence electrons. The third-order valence-corrected chi connectivity index (χ3v) is 2.65. The van der Waals surface area contributed by atoms with Crippen LogP contribution in [0.1, 0.15) is 34.6 Å². The Morgan fingerprint density at radius 1 is 1.33 bits per heavy atom. The van der Waals surface area contributed by atoms with Crippen LogP contribution in [-0.2, 0) is 0 Å². The minimum Gasteiger partial charge on any atom is -0.302 e. The molecular weight excluding hydrogens is 186 g/mol. The molecule has 0 bridgehead atoms. The zero-order chi connectivity index (χ0) is 12.1. The van der Waals surface area contributed by atoms with Crippen molar-refractivity contribution < 1.29 is 0 Å². The van der Waals surface area contributed by atoms with Gasteiger partial charge in [0.1, 0.15) is 5.54 Å². The summed E-state index contributed by atoms with van der Waals surface area (Å²) in [6.07, 6.45) is 0. The fraction of sp³-hybridized carbons (Fsp3) is 0.917. The highest BCUT2D eigenvalue weighted by molar-refractivity contribution is 5.05. The first-order valence-corrected chi connectivity index (χ1v) is 5.69. The third-order valence-electron chi connectivity index (χ3n) is 2.65. The Morgan fingerprint density at radius 2 is 1.87 bits per heavy atom. The topological polar surface area (TPSA) is 39.1 Å². The number of nitrogens with zero attached hydrogens (tertiary/aromatic N) is 2. The highest BCUT2D eigenvalue weighted by atomic mass is 15.2. The SMILES string of the molecule is CNC(C)(C#N)CN(CC(C)C)C(C)C. The average Bonchev–Trinajstić information content (AvgIpc) is 2.16. The standard InChI is InChI=1S/C12H25N3/c1-10(2)7-15(11(3)4)9-12(5,8-13)14-6/h10-11,14H,7,9H2,1-6H3. The van der Waals surface area contributed by atoms with E-state index in [2.05, 4.69) is 44.0 Å². The van der Waals surface area contributed by atoms with Gasteiger partial charge in [-0.2, -0.15) is 5.26 Å². The molecule has 0 saturated carbocycles. The van der Waals surface area contributed by atoms with Crippen LogP contribution in [0.25, 0.3) is 0 Å². The smallest absolute Gasteiger partial charge is 0.116 e. The quantitative estimate of drug-likeness (QED) is 0.729. The zero-order valence-electron chi connectivity index (χ0n) is 11.0. The first kappa shape index (κ1) is 14.4. The Balaban J connectivity index is 4.47. The number of likely N-dealkylation sites (N-methyl/N-ethyl adjacent to an activating group) is 1. The van der Waals surface area contributed by atoms with Gasteiger partial charge < -0.3 is 5.32 Å². The zero-order valence-corrected chi connectivity index (χ0v) is 11.0. The molecule has 1 N–H and O–H groups in total. The molecule has 0 aliphatic heterocycles. The maximum Gasteiger partial charge on any atom is 0.116 e. The lowest BCUT2D eigenvalue weighted by Gasteiger charge is -2.34. The van der Waals surface area contributed by atoms with Crippen molar-refractivity contribution in [1.29, 1.82) is 5.26 Å². The van der Waals surface area contributed by atoms with Crippen LogP contribution in [0.15, 0.2) is 0 Å². The number of nitriles is 1. The van der Waals surface area contributed by atoms with Crippen LogP contribution in [0.3, 0.4) is 0 Å². The van der Waals surface area contributed by atoms with Crippen LogP contribution in [0.2, 0.25) is 0 Å². The van der Waals surface area contributed by atoms with Crippen molar-refractivity contribution in [1.82, 2.24) is 10.2 Å². The van der Waals surface area contributed by atoms with Gasteiger partial charge in [0.2, 0.25) is 0 Å². The van der Waals surface area contributed by atoms with Gasteiger partial charge in [0.05, 0.1) is 6.07 Å². The normalized spacial score (nSPS) is 15.7. The number of hydrogen-bond donors (Lipinski definition) is 1. The van der Waals surface area contributed by atoms with Gasteiger partial charge in [-0.15, -0.1) is 0 Å². The van der Waals surface area contributed by atoms with Crippen molar-refractivity contribution >= 4 is 0 Å². The average molecular weight is 211 g/mol. The summed E-state index contributed by atoms with van der Waals surface area (Å²) >= 11 is 0. The van der Waals surface area contributed by atoms with Crippen LogP contribution < -0.4 is 5.32 Å². The van der Waals surface area contributed by atoms with E-state index in [9.17, 15) is 0 Å². The summed E-state index contributed by atoms with van der Waals surface area (Å²) in [4.78, 5) is 2.35. The van der Waals surface area contributed by atoms with Gasteiger partial charge in [0.25, 0.3) is 0 Å². The lowest BCUT2D eigenvalue weighted by Crippen LogP contribution is -2.51. The van der Waals surface area contributed by atoms with E-state index in [0.29, 0.717) is 12.0 Å². The Labute approximate surface area is 94.5 Å². The van der Waals surface area contributed by atoms with Gasteiger partial charge in [-0.1, -0.05) is 13.8 Å². The molecule has 1 unspecified atom stereocenters. The Kier molecular flexibility index (Phi) is 5.85. The maximum absolute atomic E-state index is 9.11. The van der Waals surface area contributed by atoms with Crippen LogP contribution in [0.5, 0.6) is 0 Å². The molecule has 0 aliphatic rings. The predicted molar refractivity (Wildman–Crippen MR) is 64.6 cm³/mol. The fourth-order valence-corrected chi connectivity index (χ4v) is 1.50. The lowest BCUT2D eigenvalue weighted by molar-refractivity contribution is 0.164. The second-order valence-electron chi connectivity index (χ2n) is 5.11. The Morgan fingerprint density at radius 3 is 2.13 bits per heavy atom. The van der Waals surface area contributed by atoms with E-state index in [1.54, 1.807) is 0 Å². The number of hydrogen-bond acceptors (Lipinski definition) is 3. The molecule has 0 aromatic carbocycles. The summed E-state index contributed by atoms with van der Waals surface area (Å²) in [6, 6.07) is 2.81. The highest BCUT2D eigenvalue weighted by Crippen LogP contribution is 2.10. The largest absolute Gasteiger partial charge is 0.302 e. The molecule has 0 fully saturated rings. The van der Waals surface area contributed by atoms with Crippen molar-refractivity contribution in [2.45, 2.75) is 46.2 Å². The van der Waals surface area contributed by atoms with Crippen LogP contribution in [0, 0.1) is 17.2 Å². The van der Waals surface area contributed by atoms with Crippen LogP contribution >= 0.6 is 0 Å². The van der Waals surface area contributed by atoms with E-state index in [1.807, 2.05) is 14.0 Å². The minimum absolute atomic E-state index is 0.445. The van der Waals surface area contributed by atoms with Gasteiger partial charge in [0, 0.05) is 19.1 Å². The molecule has 3 nitrogen and oxygen atoms in total. The molecule has 0 saturated heterocycles. The molecular formula is C12H25N3. The van der Waals surface area contributed by atoms with Crippen molar-refractivity contribution in [3.05, 3.63) is 0 Å². The summed E-state index contributed by atoms with van der Waals surface area (Å²) in [6.45, 7) is 12.5. The van der Waals surface area contributed by atoms with Gasteiger partial charge in [-0.05, 0) is 33.7 Å². The summed E-state index contributed by atoms with van der Waals surface area (Å²) in [5.74, 6) is 0.632. The van der Waals surface area contributed by atoms with E-state index in [1.165, 1.54) is 0 Å². The van der Waals surface area contributed by atoms with E-state index < -0.39 is 5.54 Å². The van der Waals surface area contributed by atoms with Gasteiger partial charge >= 0.3 is 0 Å². The van der Waals surface area contributed by atoms with Crippen molar-refractivity contribution in [3.8, 4) is 6.07 Å². The van der Waals surface area contributed by atoms with Crippen LogP contribution in [-0.4, -0.2) is 36.6 Å². The van der Waals surface area contributed by atoms with Gasteiger partial charge in [-0.3, -0.25) is 4.90 Å². The first-order chi connectivity index (χ1) is 6.84. The van der Waals surface area contributed by atoms with E-state index in [0.717, 1.165) is 13.1 Å². The van der Waals surface area contributed by atoms with Gasteiger partial charge in [-0.25, -0.2) is 0 Å². The van der Waals surface area contributed by atoms with Crippen molar-refractivity contribution in [3.63, 3.8) is 0 Å². The van der Waals surface area contributed by atoms with Crippen LogP contribution in [0.4, 0.5) is 0 Å². The Bertz CT molecular complexity index is 217. The monoisotopic (exact) mass is 211 g/mol. The second-order valence-corrected chi connectivity index (χ2v) is 5.11. The number of nitrogens with one attached hydrogen (secondary N) is 1. The predicted octanol–water partition coefficient (Wildman–Crippen LogP) is 1.85. The lowest BCUT2D eigenvalue weighted by atomic mass is 10.0. The maximum atomic E-state index is 9.11. The summed E-state index contributed by atoms with van der Waals surface area (Å²) in [7, 11) is 1.84. The van der Waals surface area contributed by atoms with Crippen molar-refractivity contribution in [2.75, 3.05) is 20.1 Å². The fourth-order valence-electron chi connectivity index (χ4n) is 1.50. The van der Waals surface area contributed by atoms with E-state index in [-0.39, 0.29) is 0 Å². The minimum atomic E-state index is -0.445. The molecule has 0 aromatic heterocycles. The summed E-state index contributed by atoms with van der Waals surface area (Å²) < 4.78 is 0. The Hall–Kier alpha value is -0.590.